The van der Waals surface area contributed by atoms with Crippen LogP contribution in [0.25, 0.3) is 0 Å². The summed E-state index contributed by atoms with van der Waals surface area (Å²) in [6.45, 7) is 8.02. The number of carbonyl (C=O) groups is 4. The van der Waals surface area contributed by atoms with Crippen LogP contribution >= 0.6 is 0 Å². The van der Waals surface area contributed by atoms with Crippen molar-refractivity contribution in [3.8, 4) is 0 Å². The summed E-state index contributed by atoms with van der Waals surface area (Å²) in [7, 11) is 0. The molecule has 0 aromatic carbocycles. The first-order valence-electron chi connectivity index (χ1n) is 7.30. The Morgan fingerprint density at radius 3 is 1.27 bits per heavy atom. The predicted molar refractivity (Wildman–Crippen MR) is 81.8 cm³/mol. The molecule has 0 rings (SSSR count). The van der Waals surface area contributed by atoms with Crippen molar-refractivity contribution in [2.45, 2.75) is 53.1 Å². The fourth-order valence-corrected chi connectivity index (χ4v) is 1.37. The van der Waals surface area contributed by atoms with Gasteiger partial charge in [0.15, 0.2) is 5.60 Å². The smallest absolute Gasteiger partial charge is 2.00 e. The van der Waals surface area contributed by atoms with E-state index in [1.807, 2.05) is 0 Å². The zero-order valence-corrected chi connectivity index (χ0v) is 17.2. The molecule has 0 aliphatic heterocycles. The maximum atomic E-state index is 11.7. The van der Waals surface area contributed by atoms with Gasteiger partial charge in [0.2, 0.25) is 0 Å². The van der Waals surface area contributed by atoms with Crippen molar-refractivity contribution in [2.75, 3.05) is 19.8 Å². The molecule has 0 aliphatic carbocycles. The van der Waals surface area contributed by atoms with Crippen molar-refractivity contribution in [3.05, 3.63) is 0 Å². The molecule has 0 heterocycles. The second-order valence-corrected chi connectivity index (χ2v) is 4.62. The van der Waals surface area contributed by atoms with Gasteiger partial charge in [0, 0.05) is 0 Å². The molecule has 10 nitrogen and oxygen atoms in total. The number of hydrogen-bond acceptors (Lipinski definition) is 8. The van der Waals surface area contributed by atoms with Crippen LogP contribution < -0.4 is 0 Å². The minimum Gasteiger partial charge on any atom is -2.00 e. The molecule has 1 N–H and O–H groups in total. The molecule has 26 heavy (non-hydrogen) atoms. The fourth-order valence-electron chi connectivity index (χ4n) is 1.37. The minimum absolute atomic E-state index is 0. The largest absolute Gasteiger partial charge is 4.00 e. The Balaban J connectivity index is -0.000000190. The van der Waals surface area contributed by atoms with Crippen molar-refractivity contribution in [2.24, 2.45) is 0 Å². The van der Waals surface area contributed by atoms with Crippen LogP contribution in [0.4, 0.5) is 0 Å². The van der Waals surface area contributed by atoms with Crippen molar-refractivity contribution in [3.63, 3.8) is 0 Å². The maximum absolute atomic E-state index is 11.7. The molecule has 150 valence electrons. The monoisotopic (exact) mass is 414 g/mol. The summed E-state index contributed by atoms with van der Waals surface area (Å²) in [5.74, 6) is -2.46. The second-order valence-electron chi connectivity index (χ2n) is 4.62. The number of Topliss-reactive ketones (excluding diaryl/α,β-unsaturated/α-hetero) is 1. The molecule has 0 saturated carbocycles. The van der Waals surface area contributed by atoms with E-state index in [4.69, 9.17) is 0 Å². The van der Waals surface area contributed by atoms with Gasteiger partial charge in [0.25, 0.3) is 0 Å². The van der Waals surface area contributed by atoms with Gasteiger partial charge >= 0.3 is 39.6 Å². The fraction of sp³-hybridized carbons (Fsp3) is 0.733. The molecular formula is C15H26O10Ti. The van der Waals surface area contributed by atoms with Gasteiger partial charge in [-0.3, -0.25) is 9.59 Å². The number of carbonyl (C=O) groups excluding carboxylic acids is 4. The molecule has 0 spiro atoms. The molecule has 0 fully saturated rings. The first-order chi connectivity index (χ1) is 10.6. The average Bonchev–Trinajstić information content (AvgIpc) is 2.38. The second kappa shape index (κ2) is 20.0. The molecule has 0 saturated heterocycles. The first kappa shape index (κ1) is 35.7. The SMILES string of the molecule is CC(C)=O.CCOC(=O)CC(O)(CC(=O)OCC)C(=O)OCC.[O-2].[O-2].[Ti+4]. The summed E-state index contributed by atoms with van der Waals surface area (Å²) in [6, 6.07) is 0. The molecule has 0 aromatic heterocycles. The molecule has 0 unspecified atom stereocenters. The number of ether oxygens (including phenoxy) is 3. The van der Waals surface area contributed by atoms with Crippen molar-refractivity contribution in [1.82, 2.24) is 0 Å². The van der Waals surface area contributed by atoms with Crippen molar-refractivity contribution >= 4 is 23.7 Å². The Morgan fingerprint density at radius 2 is 1.04 bits per heavy atom. The van der Waals surface area contributed by atoms with Gasteiger partial charge in [-0.05, 0) is 34.6 Å². The molecule has 0 amide bonds. The Morgan fingerprint density at radius 1 is 0.769 bits per heavy atom. The van der Waals surface area contributed by atoms with E-state index in [0.717, 1.165) is 0 Å². The molecule has 0 aromatic rings. The van der Waals surface area contributed by atoms with Gasteiger partial charge in [-0.25, -0.2) is 4.79 Å². The Labute approximate surface area is 168 Å². The van der Waals surface area contributed by atoms with E-state index >= 15 is 0 Å². The summed E-state index contributed by atoms with van der Waals surface area (Å²) in [5.41, 5.74) is -2.26. The van der Waals surface area contributed by atoms with Crippen LogP contribution in [0.2, 0.25) is 0 Å². The summed E-state index contributed by atoms with van der Waals surface area (Å²) in [5, 5.41) is 10.1. The first-order valence-corrected chi connectivity index (χ1v) is 7.30. The zero-order valence-electron chi connectivity index (χ0n) is 15.7. The summed E-state index contributed by atoms with van der Waals surface area (Å²) >= 11 is 0. The van der Waals surface area contributed by atoms with E-state index in [-0.39, 0.29) is 58.3 Å². The number of esters is 3. The van der Waals surface area contributed by atoms with Gasteiger partial charge in [0.1, 0.15) is 5.78 Å². The minimum atomic E-state index is -2.26. The van der Waals surface area contributed by atoms with Crippen molar-refractivity contribution in [1.29, 1.82) is 0 Å². The number of hydrogen-bond donors (Lipinski definition) is 1. The van der Waals surface area contributed by atoms with Crippen LogP contribution in [-0.4, -0.2) is 54.2 Å². The number of aliphatic hydroxyl groups is 1. The van der Waals surface area contributed by atoms with Crippen molar-refractivity contribution < 1.29 is 71.2 Å². The van der Waals surface area contributed by atoms with E-state index in [2.05, 4.69) is 14.2 Å². The Bertz CT molecular complexity index is 387. The molecule has 0 bridgehead atoms. The molecular weight excluding hydrogens is 388 g/mol. The zero-order chi connectivity index (χ0) is 18.5. The molecule has 11 heteroatoms. The van der Waals surface area contributed by atoms with Gasteiger partial charge < -0.3 is 35.1 Å². The van der Waals surface area contributed by atoms with Crippen LogP contribution in [-0.2, 0) is 66.1 Å². The number of ketones is 1. The van der Waals surface area contributed by atoms with Crippen LogP contribution in [0, 0.1) is 0 Å². The predicted octanol–water partition coefficient (Wildman–Crippen LogP) is 0.542. The standard InChI is InChI=1S/C12H20O7.C3H6O.2O.Ti/c1-4-17-9(13)7-12(16,11(15)19-6-3)8-10(14)18-5-2;1-3(2)4;;;/h16H,4-8H2,1-3H3;1-2H3;;;/q;;2*-2;+4. The summed E-state index contributed by atoms with van der Waals surface area (Å²) in [4.78, 5) is 43.8. The molecule has 0 atom stereocenters. The quantitative estimate of drug-likeness (QED) is 0.340. The van der Waals surface area contributed by atoms with Gasteiger partial charge in [-0.1, -0.05) is 0 Å². The number of rotatable bonds is 8. The van der Waals surface area contributed by atoms with E-state index < -0.39 is 36.4 Å². The van der Waals surface area contributed by atoms with Crippen LogP contribution in [0.15, 0.2) is 0 Å². The van der Waals surface area contributed by atoms with Gasteiger partial charge in [-0.15, -0.1) is 0 Å². The molecule has 0 radical (unpaired) electrons. The summed E-state index contributed by atoms with van der Waals surface area (Å²) in [6.07, 6.45) is -1.31. The van der Waals surface area contributed by atoms with E-state index in [1.54, 1.807) is 20.8 Å². The van der Waals surface area contributed by atoms with Crippen LogP contribution in [0.5, 0.6) is 0 Å². The van der Waals surface area contributed by atoms with Gasteiger partial charge in [0.05, 0.1) is 32.7 Å². The Hall–Kier alpha value is -1.33. The van der Waals surface area contributed by atoms with E-state index in [9.17, 15) is 24.3 Å². The average molecular weight is 414 g/mol. The third-order valence-corrected chi connectivity index (χ3v) is 2.14. The van der Waals surface area contributed by atoms with E-state index in [0.29, 0.717) is 0 Å². The maximum Gasteiger partial charge on any atom is 4.00 e. The Kier molecular flexibility index (Phi) is 27.5. The topological polar surface area (TPSA) is 173 Å². The normalized spacial score (nSPS) is 8.85. The van der Waals surface area contributed by atoms with Gasteiger partial charge in [-0.2, -0.15) is 0 Å². The van der Waals surface area contributed by atoms with Crippen LogP contribution in [0.1, 0.15) is 47.5 Å². The third kappa shape index (κ3) is 19.0. The van der Waals surface area contributed by atoms with E-state index in [1.165, 1.54) is 13.8 Å². The summed E-state index contributed by atoms with van der Waals surface area (Å²) < 4.78 is 14.0. The third-order valence-electron chi connectivity index (χ3n) is 2.14. The van der Waals surface area contributed by atoms with Crippen LogP contribution in [0.3, 0.4) is 0 Å². The molecule has 0 aliphatic rings.